The Labute approximate surface area is 93.1 Å². The van der Waals surface area contributed by atoms with Gasteiger partial charge >= 0.3 is 5.97 Å². The van der Waals surface area contributed by atoms with E-state index in [1.54, 1.807) is 0 Å². The van der Waals surface area contributed by atoms with E-state index in [0.29, 0.717) is 5.92 Å². The summed E-state index contributed by atoms with van der Waals surface area (Å²) in [7, 11) is 0. The number of aliphatic carboxylic acids is 1. The molecular formula is C13H24O2. The van der Waals surface area contributed by atoms with E-state index in [1.807, 2.05) is 0 Å². The fourth-order valence-corrected chi connectivity index (χ4v) is 2.63. The average Bonchev–Trinajstić information content (AvgIpc) is 2.21. The second-order valence-corrected chi connectivity index (χ2v) is 5.49. The van der Waals surface area contributed by atoms with Gasteiger partial charge in [-0.2, -0.15) is 0 Å². The summed E-state index contributed by atoms with van der Waals surface area (Å²) in [6.45, 7) is 6.55. The first-order chi connectivity index (χ1) is 7.00. The van der Waals surface area contributed by atoms with E-state index in [2.05, 4.69) is 20.8 Å². The van der Waals surface area contributed by atoms with Gasteiger partial charge in [-0.05, 0) is 43.9 Å². The smallest absolute Gasteiger partial charge is 0.309 e. The van der Waals surface area contributed by atoms with Crippen molar-refractivity contribution in [1.29, 1.82) is 0 Å². The third-order valence-corrected chi connectivity index (χ3v) is 4.12. The van der Waals surface area contributed by atoms with Crippen LogP contribution in [0.1, 0.15) is 59.3 Å². The largest absolute Gasteiger partial charge is 0.481 e. The maximum atomic E-state index is 11.4. The van der Waals surface area contributed by atoms with Crippen LogP contribution in [0.25, 0.3) is 0 Å². The zero-order valence-electron chi connectivity index (χ0n) is 10.3. The lowest BCUT2D eigenvalue weighted by Crippen LogP contribution is -2.36. The molecule has 0 spiro atoms. The van der Waals surface area contributed by atoms with Crippen molar-refractivity contribution < 1.29 is 9.90 Å². The highest BCUT2D eigenvalue weighted by atomic mass is 16.4. The molecule has 1 aliphatic carbocycles. The Kier molecular flexibility index (Phi) is 4.18. The molecule has 0 bridgehead atoms. The first kappa shape index (κ1) is 12.5. The minimum atomic E-state index is -0.560. The second kappa shape index (κ2) is 5.00. The Morgan fingerprint density at radius 2 is 2.00 bits per heavy atom. The van der Waals surface area contributed by atoms with Gasteiger partial charge in [-0.25, -0.2) is 0 Å². The van der Waals surface area contributed by atoms with Crippen LogP contribution in [-0.4, -0.2) is 11.1 Å². The SMILES string of the molecule is CCC(C)CC1(C(=O)O)CCC(C)CC1. The molecule has 1 saturated carbocycles. The van der Waals surface area contributed by atoms with Crippen molar-refractivity contribution in [3.05, 3.63) is 0 Å². The first-order valence-corrected chi connectivity index (χ1v) is 6.23. The zero-order valence-corrected chi connectivity index (χ0v) is 10.3. The molecule has 0 saturated heterocycles. The molecule has 0 radical (unpaired) electrons. The van der Waals surface area contributed by atoms with E-state index < -0.39 is 11.4 Å². The van der Waals surface area contributed by atoms with Crippen LogP contribution in [-0.2, 0) is 4.79 Å². The van der Waals surface area contributed by atoms with E-state index in [1.165, 1.54) is 0 Å². The summed E-state index contributed by atoms with van der Waals surface area (Å²) in [4.78, 5) is 11.4. The molecule has 15 heavy (non-hydrogen) atoms. The Bertz CT molecular complexity index is 215. The summed E-state index contributed by atoms with van der Waals surface area (Å²) in [5, 5.41) is 9.42. The third-order valence-electron chi connectivity index (χ3n) is 4.12. The highest BCUT2D eigenvalue weighted by Gasteiger charge is 2.41. The first-order valence-electron chi connectivity index (χ1n) is 6.23. The van der Waals surface area contributed by atoms with Crippen molar-refractivity contribution in [3.63, 3.8) is 0 Å². The molecule has 1 aliphatic rings. The number of hydrogen-bond donors (Lipinski definition) is 1. The van der Waals surface area contributed by atoms with Crippen molar-refractivity contribution in [1.82, 2.24) is 0 Å². The van der Waals surface area contributed by atoms with Crippen LogP contribution in [0.15, 0.2) is 0 Å². The van der Waals surface area contributed by atoms with Gasteiger partial charge in [0.1, 0.15) is 0 Å². The summed E-state index contributed by atoms with van der Waals surface area (Å²) in [6.07, 6.45) is 5.89. The van der Waals surface area contributed by atoms with E-state index in [4.69, 9.17) is 0 Å². The summed E-state index contributed by atoms with van der Waals surface area (Å²) in [5.74, 6) is 0.693. The molecule has 2 heteroatoms. The lowest BCUT2D eigenvalue weighted by Gasteiger charge is -2.37. The average molecular weight is 212 g/mol. The lowest BCUT2D eigenvalue weighted by molar-refractivity contribution is -0.153. The van der Waals surface area contributed by atoms with Crippen molar-refractivity contribution in [2.45, 2.75) is 59.3 Å². The van der Waals surface area contributed by atoms with Gasteiger partial charge in [0.25, 0.3) is 0 Å². The molecule has 0 aromatic carbocycles. The van der Waals surface area contributed by atoms with Gasteiger partial charge < -0.3 is 5.11 Å². The van der Waals surface area contributed by atoms with Gasteiger partial charge in [-0.1, -0.05) is 27.2 Å². The summed E-state index contributed by atoms with van der Waals surface area (Å²) >= 11 is 0. The number of carboxylic acid groups (broad SMARTS) is 1. The number of hydrogen-bond acceptors (Lipinski definition) is 1. The minimum absolute atomic E-state index is 0.401. The number of carboxylic acids is 1. The Balaban J connectivity index is 2.67. The maximum Gasteiger partial charge on any atom is 0.309 e. The molecule has 1 unspecified atom stereocenters. The van der Waals surface area contributed by atoms with Crippen molar-refractivity contribution in [2.75, 3.05) is 0 Å². The van der Waals surface area contributed by atoms with Crippen LogP contribution >= 0.6 is 0 Å². The van der Waals surface area contributed by atoms with Gasteiger partial charge in [0, 0.05) is 0 Å². The molecule has 1 atom stereocenters. The van der Waals surface area contributed by atoms with Crippen molar-refractivity contribution in [3.8, 4) is 0 Å². The van der Waals surface area contributed by atoms with Crippen LogP contribution in [0.4, 0.5) is 0 Å². The molecule has 0 amide bonds. The van der Waals surface area contributed by atoms with Gasteiger partial charge in [-0.3, -0.25) is 4.79 Å². The Morgan fingerprint density at radius 1 is 1.47 bits per heavy atom. The van der Waals surface area contributed by atoms with Gasteiger partial charge in [0.15, 0.2) is 0 Å². The molecular weight excluding hydrogens is 188 g/mol. The molecule has 0 aromatic rings. The molecule has 1 N–H and O–H groups in total. The number of rotatable bonds is 4. The maximum absolute atomic E-state index is 11.4. The predicted molar refractivity (Wildman–Crippen MR) is 61.8 cm³/mol. The summed E-state index contributed by atoms with van der Waals surface area (Å²) in [6, 6.07) is 0. The third kappa shape index (κ3) is 2.96. The fourth-order valence-electron chi connectivity index (χ4n) is 2.63. The Morgan fingerprint density at radius 3 is 2.40 bits per heavy atom. The molecule has 0 aliphatic heterocycles. The molecule has 0 heterocycles. The standard InChI is InChI=1S/C13H24O2/c1-4-10(2)9-13(12(14)15)7-5-11(3)6-8-13/h10-11H,4-9H2,1-3H3,(H,14,15). The minimum Gasteiger partial charge on any atom is -0.481 e. The van der Waals surface area contributed by atoms with Gasteiger partial charge in [0.2, 0.25) is 0 Å². The lowest BCUT2D eigenvalue weighted by atomic mass is 9.66. The normalized spacial score (nSPS) is 33.7. The quantitative estimate of drug-likeness (QED) is 0.771. The van der Waals surface area contributed by atoms with Crippen LogP contribution in [0.5, 0.6) is 0 Å². The summed E-state index contributed by atoms with van der Waals surface area (Å²) in [5.41, 5.74) is -0.401. The van der Waals surface area contributed by atoms with Crippen LogP contribution < -0.4 is 0 Å². The van der Waals surface area contributed by atoms with E-state index >= 15 is 0 Å². The van der Waals surface area contributed by atoms with Gasteiger partial charge in [0.05, 0.1) is 5.41 Å². The molecule has 2 nitrogen and oxygen atoms in total. The fraction of sp³-hybridized carbons (Fsp3) is 0.923. The number of carbonyl (C=O) groups is 1. The monoisotopic (exact) mass is 212 g/mol. The van der Waals surface area contributed by atoms with E-state index in [0.717, 1.165) is 44.4 Å². The second-order valence-electron chi connectivity index (χ2n) is 5.49. The Hall–Kier alpha value is -0.530. The van der Waals surface area contributed by atoms with Crippen molar-refractivity contribution >= 4 is 5.97 Å². The molecule has 1 fully saturated rings. The summed E-state index contributed by atoms with van der Waals surface area (Å²) < 4.78 is 0. The highest BCUT2D eigenvalue weighted by molar-refractivity contribution is 5.74. The van der Waals surface area contributed by atoms with Crippen LogP contribution in [0, 0.1) is 17.3 Å². The zero-order chi connectivity index (χ0) is 11.5. The topological polar surface area (TPSA) is 37.3 Å². The van der Waals surface area contributed by atoms with E-state index in [-0.39, 0.29) is 0 Å². The molecule has 0 aromatic heterocycles. The molecule has 1 rings (SSSR count). The van der Waals surface area contributed by atoms with Crippen molar-refractivity contribution in [2.24, 2.45) is 17.3 Å². The van der Waals surface area contributed by atoms with Gasteiger partial charge in [-0.15, -0.1) is 0 Å². The van der Waals surface area contributed by atoms with Crippen LogP contribution in [0.2, 0.25) is 0 Å². The predicted octanol–water partition coefficient (Wildman–Crippen LogP) is 3.70. The highest BCUT2D eigenvalue weighted by Crippen LogP contribution is 2.44. The molecule has 88 valence electrons. The van der Waals surface area contributed by atoms with E-state index in [9.17, 15) is 9.90 Å². The van der Waals surface area contributed by atoms with Crippen LogP contribution in [0.3, 0.4) is 0 Å².